The SMILES string of the molecule is CC(C)(c1ccc(C(F)(F)F)cc1)C1CCN(C(=O)N2CC[C@@H]3OCC(=O)N[C@@H]3C2)CC1. The van der Waals surface area contributed by atoms with Gasteiger partial charge in [0.15, 0.2) is 0 Å². The van der Waals surface area contributed by atoms with Gasteiger partial charge in [-0.15, -0.1) is 0 Å². The molecule has 0 saturated carbocycles. The minimum atomic E-state index is -4.34. The summed E-state index contributed by atoms with van der Waals surface area (Å²) in [5, 5.41) is 2.92. The Kier molecular flexibility index (Phi) is 6.13. The number of amides is 3. The Hall–Kier alpha value is -2.29. The molecule has 9 heteroatoms. The second-order valence-electron chi connectivity index (χ2n) is 9.60. The van der Waals surface area contributed by atoms with Gasteiger partial charge in [-0.1, -0.05) is 26.0 Å². The number of carbonyl (C=O) groups excluding carboxylic acids is 2. The van der Waals surface area contributed by atoms with Crippen molar-refractivity contribution in [1.29, 1.82) is 0 Å². The fourth-order valence-corrected chi connectivity index (χ4v) is 5.19. The van der Waals surface area contributed by atoms with Crippen molar-refractivity contribution in [3.63, 3.8) is 0 Å². The van der Waals surface area contributed by atoms with E-state index in [1.807, 2.05) is 4.90 Å². The molecule has 0 radical (unpaired) electrons. The predicted octanol–water partition coefficient (Wildman–Crippen LogP) is 3.40. The first-order valence-corrected chi connectivity index (χ1v) is 11.2. The third-order valence-corrected chi connectivity index (χ3v) is 7.34. The lowest BCUT2D eigenvalue weighted by atomic mass is 9.69. The number of halogens is 3. The normalized spacial score (nSPS) is 25.3. The number of hydrogen-bond donors (Lipinski definition) is 1. The number of nitrogens with zero attached hydrogens (tertiary/aromatic N) is 2. The summed E-state index contributed by atoms with van der Waals surface area (Å²) in [5.41, 5.74) is -0.0485. The van der Waals surface area contributed by atoms with Crippen molar-refractivity contribution in [3.8, 4) is 0 Å². The smallest absolute Gasteiger partial charge is 0.366 e. The Bertz CT molecular complexity index is 848. The van der Waals surface area contributed by atoms with Crippen LogP contribution in [-0.2, 0) is 21.1 Å². The summed E-state index contributed by atoms with van der Waals surface area (Å²) in [4.78, 5) is 28.3. The van der Waals surface area contributed by atoms with E-state index in [0.717, 1.165) is 30.5 Å². The monoisotopic (exact) mass is 453 g/mol. The minimum absolute atomic E-state index is 0.0194. The fraction of sp³-hybridized carbons (Fsp3) is 0.652. The Balaban J connectivity index is 1.34. The van der Waals surface area contributed by atoms with Crippen LogP contribution in [0.5, 0.6) is 0 Å². The van der Waals surface area contributed by atoms with Crippen LogP contribution in [0, 0.1) is 5.92 Å². The molecule has 3 fully saturated rings. The Morgan fingerprint density at radius 1 is 1.00 bits per heavy atom. The average Bonchev–Trinajstić information content (AvgIpc) is 2.77. The molecule has 0 aliphatic carbocycles. The van der Waals surface area contributed by atoms with Crippen LogP contribution in [-0.4, -0.2) is 66.7 Å². The molecule has 3 heterocycles. The van der Waals surface area contributed by atoms with Gasteiger partial charge in [-0.3, -0.25) is 4.79 Å². The molecule has 3 saturated heterocycles. The molecule has 0 unspecified atom stereocenters. The number of benzene rings is 1. The molecule has 1 N–H and O–H groups in total. The Morgan fingerprint density at radius 2 is 1.59 bits per heavy atom. The van der Waals surface area contributed by atoms with E-state index in [2.05, 4.69) is 19.2 Å². The van der Waals surface area contributed by atoms with Gasteiger partial charge in [-0.05, 0) is 48.3 Å². The van der Waals surface area contributed by atoms with Crippen LogP contribution in [0.2, 0.25) is 0 Å². The molecule has 0 spiro atoms. The van der Waals surface area contributed by atoms with Crippen molar-refractivity contribution in [3.05, 3.63) is 35.4 Å². The van der Waals surface area contributed by atoms with Crippen LogP contribution in [0.1, 0.15) is 44.2 Å². The van der Waals surface area contributed by atoms with Gasteiger partial charge in [0, 0.05) is 26.2 Å². The summed E-state index contributed by atoms with van der Waals surface area (Å²) in [6.45, 7) is 6.49. The van der Waals surface area contributed by atoms with Crippen molar-refractivity contribution in [2.75, 3.05) is 32.8 Å². The van der Waals surface area contributed by atoms with E-state index in [-0.39, 0.29) is 42.0 Å². The van der Waals surface area contributed by atoms with Gasteiger partial charge in [-0.2, -0.15) is 13.2 Å². The van der Waals surface area contributed by atoms with E-state index in [4.69, 9.17) is 4.74 Å². The van der Waals surface area contributed by atoms with Crippen LogP contribution in [0.25, 0.3) is 0 Å². The molecule has 32 heavy (non-hydrogen) atoms. The molecule has 3 aliphatic heterocycles. The lowest BCUT2D eigenvalue weighted by molar-refractivity contribution is -0.140. The molecular formula is C23H30F3N3O3. The number of hydrogen-bond acceptors (Lipinski definition) is 3. The number of likely N-dealkylation sites (tertiary alicyclic amines) is 2. The zero-order valence-electron chi connectivity index (χ0n) is 18.5. The van der Waals surface area contributed by atoms with E-state index >= 15 is 0 Å². The van der Waals surface area contributed by atoms with Gasteiger partial charge in [0.05, 0.1) is 17.7 Å². The number of ether oxygens (including phenoxy) is 1. The van der Waals surface area contributed by atoms with Crippen LogP contribution in [0.15, 0.2) is 24.3 Å². The van der Waals surface area contributed by atoms with Crippen molar-refractivity contribution < 1.29 is 27.5 Å². The molecule has 0 aromatic heterocycles. The van der Waals surface area contributed by atoms with E-state index in [9.17, 15) is 22.8 Å². The van der Waals surface area contributed by atoms with Gasteiger partial charge in [0.1, 0.15) is 6.61 Å². The molecule has 4 rings (SSSR count). The van der Waals surface area contributed by atoms with Crippen molar-refractivity contribution in [2.45, 2.75) is 56.8 Å². The highest BCUT2D eigenvalue weighted by Gasteiger charge is 2.40. The van der Waals surface area contributed by atoms with Gasteiger partial charge in [0.2, 0.25) is 5.91 Å². The zero-order valence-corrected chi connectivity index (χ0v) is 18.5. The number of piperidine rings is 2. The minimum Gasteiger partial charge on any atom is -0.366 e. The van der Waals surface area contributed by atoms with Crippen molar-refractivity contribution in [2.24, 2.45) is 5.92 Å². The maximum atomic E-state index is 13.1. The largest absolute Gasteiger partial charge is 0.416 e. The summed E-state index contributed by atoms with van der Waals surface area (Å²) in [5.74, 6) is 0.118. The maximum Gasteiger partial charge on any atom is 0.416 e. The number of nitrogens with one attached hydrogen (secondary N) is 1. The molecule has 176 valence electrons. The van der Waals surface area contributed by atoms with E-state index in [0.29, 0.717) is 32.6 Å². The first-order valence-electron chi connectivity index (χ1n) is 11.2. The molecule has 1 aromatic carbocycles. The highest BCUT2D eigenvalue weighted by molar-refractivity contribution is 5.79. The number of rotatable bonds is 2. The van der Waals surface area contributed by atoms with Crippen LogP contribution >= 0.6 is 0 Å². The predicted molar refractivity (Wildman–Crippen MR) is 112 cm³/mol. The third-order valence-electron chi connectivity index (χ3n) is 7.34. The highest BCUT2D eigenvalue weighted by atomic mass is 19.4. The molecule has 1 aromatic rings. The molecule has 6 nitrogen and oxygen atoms in total. The summed E-state index contributed by atoms with van der Waals surface area (Å²) < 4.78 is 44.2. The van der Waals surface area contributed by atoms with E-state index in [1.54, 1.807) is 17.0 Å². The lowest BCUT2D eigenvalue weighted by Gasteiger charge is -2.45. The third kappa shape index (κ3) is 4.58. The topological polar surface area (TPSA) is 61.9 Å². The van der Waals surface area contributed by atoms with Gasteiger partial charge in [0.25, 0.3) is 0 Å². The average molecular weight is 454 g/mol. The van der Waals surface area contributed by atoms with Crippen LogP contribution in [0.4, 0.5) is 18.0 Å². The molecule has 3 aliphatic rings. The van der Waals surface area contributed by atoms with Gasteiger partial charge < -0.3 is 19.9 Å². The molecule has 3 amide bonds. The quantitative estimate of drug-likeness (QED) is 0.747. The highest BCUT2D eigenvalue weighted by Crippen LogP contribution is 2.39. The zero-order chi connectivity index (χ0) is 23.1. The Morgan fingerprint density at radius 3 is 2.22 bits per heavy atom. The summed E-state index contributed by atoms with van der Waals surface area (Å²) in [6, 6.07) is 5.26. The molecule has 2 atom stereocenters. The van der Waals surface area contributed by atoms with Crippen molar-refractivity contribution >= 4 is 11.9 Å². The summed E-state index contributed by atoms with van der Waals surface area (Å²) >= 11 is 0. The fourth-order valence-electron chi connectivity index (χ4n) is 5.19. The lowest BCUT2D eigenvalue weighted by Crippen LogP contribution is -2.62. The number of urea groups is 1. The number of carbonyl (C=O) groups is 2. The number of morpholine rings is 1. The van der Waals surface area contributed by atoms with Crippen LogP contribution in [0.3, 0.4) is 0 Å². The molecule has 0 bridgehead atoms. The Labute approximate surface area is 186 Å². The number of fused-ring (bicyclic) bond motifs is 1. The van der Waals surface area contributed by atoms with E-state index < -0.39 is 11.7 Å². The summed E-state index contributed by atoms with van der Waals surface area (Å²) in [7, 11) is 0. The second-order valence-corrected chi connectivity index (χ2v) is 9.60. The standard InChI is InChI=1S/C23H30F3N3O3/c1-22(2,15-3-5-17(6-4-15)23(24,25)26)16-7-10-28(11-8-16)21(31)29-12-9-19-18(13-29)27-20(30)14-32-19/h3-6,16,18-19H,7-14H2,1-2H3,(H,27,30)/t18-,19+/m1/s1. The van der Waals surface area contributed by atoms with Gasteiger partial charge in [-0.25, -0.2) is 4.79 Å². The van der Waals surface area contributed by atoms with Crippen LogP contribution < -0.4 is 5.32 Å². The maximum absolute atomic E-state index is 13.1. The first kappa shape index (κ1) is 22.9. The first-order chi connectivity index (χ1) is 15.1. The second kappa shape index (κ2) is 8.57. The van der Waals surface area contributed by atoms with E-state index in [1.165, 1.54) is 0 Å². The van der Waals surface area contributed by atoms with Gasteiger partial charge >= 0.3 is 12.2 Å². The molecular weight excluding hydrogens is 423 g/mol. The summed E-state index contributed by atoms with van der Waals surface area (Å²) in [6.07, 6.45) is -2.09. The van der Waals surface area contributed by atoms with Crippen molar-refractivity contribution in [1.82, 2.24) is 15.1 Å². The number of alkyl halides is 3.